The van der Waals surface area contributed by atoms with Crippen molar-refractivity contribution >= 4 is 30.9 Å². The van der Waals surface area contributed by atoms with Crippen molar-refractivity contribution in [3.63, 3.8) is 0 Å². The monoisotopic (exact) mass is 240 g/mol. The van der Waals surface area contributed by atoms with E-state index in [0.717, 1.165) is 0 Å². The molecule has 2 nitrogen and oxygen atoms in total. The van der Waals surface area contributed by atoms with Gasteiger partial charge in [-0.2, -0.15) is 0 Å². The van der Waals surface area contributed by atoms with Gasteiger partial charge in [0.2, 0.25) is 0 Å². The van der Waals surface area contributed by atoms with Crippen LogP contribution < -0.4 is 0 Å². The molecule has 1 rings (SSSR count). The Kier molecular flexibility index (Phi) is 2.68. The van der Waals surface area contributed by atoms with Crippen LogP contribution in [0.5, 0.6) is 0 Å². The topological polar surface area (TPSA) is 37.3 Å². The third kappa shape index (κ3) is 2.08. The third-order valence-electron chi connectivity index (χ3n) is 1.02. The number of allylic oxidation sites excluding steroid dienone is 2. The van der Waals surface area contributed by atoms with Crippen molar-refractivity contribution in [2.75, 3.05) is 0 Å². The molecule has 0 saturated carbocycles. The molecule has 0 fully saturated rings. The molecule has 0 bridgehead atoms. The molecule has 0 aliphatic carbocycles. The molecule has 1 heterocycles. The molecule has 4 heteroatoms. The average molecular weight is 239 g/mol. The van der Waals surface area contributed by atoms with E-state index in [1.807, 2.05) is 17.1 Å². The summed E-state index contributed by atoms with van der Waals surface area (Å²) in [7, 11) is 0. The summed E-state index contributed by atoms with van der Waals surface area (Å²) in [5.41, 5.74) is 0. The summed E-state index contributed by atoms with van der Waals surface area (Å²) in [4.78, 5) is 11.8. The van der Waals surface area contributed by atoms with Crippen LogP contribution in [0.15, 0.2) is 21.7 Å². The minimum atomic E-state index is -1.64. The Labute approximate surface area is 62.5 Å². The van der Waals surface area contributed by atoms with E-state index in [2.05, 4.69) is 4.63 Å². The fraction of sp³-hybridized carbons (Fsp3) is 0. The standard InChI is InChI=1S/C5H5GeO2.Ga/c1-2-3-4-6-5(7)8;/h1-4H,(H,7,8);. The van der Waals surface area contributed by atoms with E-state index < -0.39 is 30.9 Å². The number of carboxylic acid groups (broad SMARTS) is 1. The molecule has 0 radical (unpaired) electrons. The first-order chi connectivity index (χ1) is 4.30. The Hall–Kier alpha value is 0.129. The summed E-state index contributed by atoms with van der Waals surface area (Å²) in [6.45, 7) is 0. The van der Waals surface area contributed by atoms with Crippen LogP contribution in [0.4, 0.5) is 4.79 Å². The van der Waals surface area contributed by atoms with E-state index in [4.69, 9.17) is 5.11 Å². The minimum absolute atomic E-state index is 0.466. The SMILES string of the molecule is O=[C](O)[Ge]1=[Ga][CH]=CC=[CH]1. The molecule has 0 aromatic rings. The van der Waals surface area contributed by atoms with Gasteiger partial charge in [-0.15, -0.1) is 0 Å². The number of hydrogen-bond acceptors (Lipinski definition) is 1. The summed E-state index contributed by atoms with van der Waals surface area (Å²) in [6, 6.07) is 0. The van der Waals surface area contributed by atoms with Crippen molar-refractivity contribution in [1.82, 2.24) is 0 Å². The normalized spacial score (nSPS) is 14.4. The predicted octanol–water partition coefficient (Wildman–Crippen LogP) is 0.564. The maximum absolute atomic E-state index is 10.4. The Balaban J connectivity index is 2.84. The first-order valence-corrected chi connectivity index (χ1v) is 13.8. The molecule has 9 heavy (non-hydrogen) atoms. The molecule has 0 amide bonds. The van der Waals surface area contributed by atoms with Crippen LogP contribution in [0.25, 0.3) is 0 Å². The molecular weight excluding hydrogens is 234 g/mol. The van der Waals surface area contributed by atoms with Crippen molar-refractivity contribution in [2.45, 2.75) is 0 Å². The van der Waals surface area contributed by atoms with Gasteiger partial charge in [0.05, 0.1) is 0 Å². The van der Waals surface area contributed by atoms with Crippen LogP contribution in [0.3, 0.4) is 0 Å². The van der Waals surface area contributed by atoms with E-state index in [0.29, 0.717) is 0 Å². The van der Waals surface area contributed by atoms with Gasteiger partial charge >= 0.3 is 62.5 Å². The van der Waals surface area contributed by atoms with Gasteiger partial charge in [-0.3, -0.25) is 0 Å². The van der Waals surface area contributed by atoms with Crippen molar-refractivity contribution in [2.24, 2.45) is 0 Å². The fourth-order valence-corrected chi connectivity index (χ4v) is 10.5. The van der Waals surface area contributed by atoms with Crippen LogP contribution in [0.2, 0.25) is 0 Å². The zero-order chi connectivity index (χ0) is 6.69. The Morgan fingerprint density at radius 3 is 2.67 bits per heavy atom. The van der Waals surface area contributed by atoms with E-state index in [9.17, 15) is 4.79 Å². The average Bonchev–Trinajstić information content (AvgIpc) is 1.90. The van der Waals surface area contributed by atoms with Gasteiger partial charge in [0.15, 0.2) is 0 Å². The molecule has 0 atom stereocenters. The zero-order valence-electron chi connectivity index (χ0n) is 4.74. The second kappa shape index (κ2) is 3.34. The van der Waals surface area contributed by atoms with E-state index >= 15 is 0 Å². The Morgan fingerprint density at radius 2 is 2.33 bits per heavy atom. The van der Waals surface area contributed by atoms with Gasteiger partial charge in [-0.05, 0) is 0 Å². The predicted molar refractivity (Wildman–Crippen MR) is 37.8 cm³/mol. The van der Waals surface area contributed by atoms with Crippen molar-refractivity contribution < 1.29 is 9.90 Å². The molecule has 0 unspecified atom stereocenters. The summed E-state index contributed by atoms with van der Waals surface area (Å²) in [5.74, 6) is 0. The fourth-order valence-electron chi connectivity index (χ4n) is 0.581. The molecular formula is C5H5GaGeO2. The number of hydrogen-bond donors (Lipinski definition) is 1. The summed E-state index contributed by atoms with van der Waals surface area (Å²) >= 11 is -2.11. The first kappa shape index (κ1) is 7.24. The molecule has 0 saturated heterocycles. The first-order valence-electron chi connectivity index (χ1n) is 2.59. The molecule has 0 aromatic carbocycles. The molecule has 1 N–H and O–H groups in total. The summed E-state index contributed by atoms with van der Waals surface area (Å²) in [5, 5.41) is 8.57. The van der Waals surface area contributed by atoms with Crippen LogP contribution in [-0.2, 0) is 0 Å². The second-order valence-corrected chi connectivity index (χ2v) is 17.1. The van der Waals surface area contributed by atoms with Crippen molar-refractivity contribution in [3.8, 4) is 0 Å². The number of rotatable bonds is 1. The molecule has 1 aliphatic heterocycles. The van der Waals surface area contributed by atoms with Crippen LogP contribution in [-0.4, -0.2) is 36.0 Å². The third-order valence-corrected chi connectivity index (χ3v) is 15.6. The Morgan fingerprint density at radius 1 is 1.56 bits per heavy atom. The van der Waals surface area contributed by atoms with Crippen molar-refractivity contribution in [3.05, 3.63) is 21.7 Å². The van der Waals surface area contributed by atoms with Crippen LogP contribution in [0, 0.1) is 0 Å². The molecule has 0 aromatic heterocycles. The van der Waals surface area contributed by atoms with E-state index in [1.54, 1.807) is 0 Å². The molecule has 0 spiro atoms. The van der Waals surface area contributed by atoms with Gasteiger partial charge in [0, 0.05) is 0 Å². The van der Waals surface area contributed by atoms with Gasteiger partial charge < -0.3 is 0 Å². The molecule has 44 valence electrons. The van der Waals surface area contributed by atoms with Crippen molar-refractivity contribution in [1.29, 1.82) is 0 Å². The zero-order valence-corrected chi connectivity index (χ0v) is 9.26. The number of carbonyl (C=O) groups is 1. The quantitative estimate of drug-likeness (QED) is 0.679. The van der Waals surface area contributed by atoms with Crippen LogP contribution in [0.1, 0.15) is 0 Å². The summed E-state index contributed by atoms with van der Waals surface area (Å²) < 4.78 is 2.09. The second-order valence-electron chi connectivity index (χ2n) is 1.67. The Bertz CT molecular complexity index is 217. The van der Waals surface area contributed by atoms with Gasteiger partial charge in [0.1, 0.15) is 0 Å². The van der Waals surface area contributed by atoms with Gasteiger partial charge in [-0.25, -0.2) is 0 Å². The van der Waals surface area contributed by atoms with Gasteiger partial charge in [0.25, 0.3) is 0 Å². The van der Waals surface area contributed by atoms with E-state index in [-0.39, 0.29) is 0 Å². The van der Waals surface area contributed by atoms with E-state index in [1.165, 1.54) is 0 Å². The maximum atomic E-state index is 10.4. The summed E-state index contributed by atoms with van der Waals surface area (Å²) in [6.07, 6.45) is 3.85. The molecule has 1 aliphatic rings. The van der Waals surface area contributed by atoms with Crippen LogP contribution >= 0.6 is 0 Å². The van der Waals surface area contributed by atoms with Gasteiger partial charge in [-0.1, -0.05) is 0 Å².